The van der Waals surface area contributed by atoms with E-state index in [1.54, 1.807) is 24.3 Å². The average molecular weight is 358 g/mol. The Labute approximate surface area is 155 Å². The highest BCUT2D eigenvalue weighted by molar-refractivity contribution is 5.83. The number of hydrogen-bond acceptors (Lipinski definition) is 4. The summed E-state index contributed by atoms with van der Waals surface area (Å²) in [5.74, 6) is -0.134. The number of hydrogen-bond donors (Lipinski definition) is 1. The molecule has 6 nitrogen and oxygen atoms in total. The molecule has 0 atom stereocenters. The Kier molecular flexibility index (Phi) is 4.61. The van der Waals surface area contributed by atoms with Gasteiger partial charge in [-0.25, -0.2) is 4.68 Å². The summed E-state index contributed by atoms with van der Waals surface area (Å²) in [5, 5.41) is 13.6. The van der Waals surface area contributed by atoms with Crippen molar-refractivity contribution in [1.29, 1.82) is 0 Å². The first-order valence-corrected chi connectivity index (χ1v) is 8.78. The number of benzene rings is 3. The van der Waals surface area contributed by atoms with Crippen LogP contribution in [0, 0.1) is 0 Å². The number of rotatable bonds is 5. The Bertz CT molecular complexity index is 1180. The van der Waals surface area contributed by atoms with Crippen molar-refractivity contribution in [2.24, 2.45) is 0 Å². The highest BCUT2D eigenvalue weighted by atomic mass is 16.2. The van der Waals surface area contributed by atoms with Crippen LogP contribution in [0.3, 0.4) is 0 Å². The smallest absolute Gasteiger partial charge is 0.277 e. The molecule has 4 rings (SSSR count). The summed E-state index contributed by atoms with van der Waals surface area (Å²) in [6.07, 6.45) is 0.167. The summed E-state index contributed by atoms with van der Waals surface area (Å²) in [5.41, 5.74) is 1.35. The molecule has 0 aliphatic rings. The monoisotopic (exact) mass is 358 g/mol. The SMILES string of the molecule is O=C(CCn1nnc2ccccc2c1=O)NCc1ccc2ccccc2c1. The molecule has 0 bridgehead atoms. The van der Waals surface area contributed by atoms with Gasteiger partial charge in [0.2, 0.25) is 5.91 Å². The van der Waals surface area contributed by atoms with Gasteiger partial charge in [0.25, 0.3) is 5.56 Å². The van der Waals surface area contributed by atoms with Crippen LogP contribution in [0.25, 0.3) is 21.7 Å². The number of nitrogens with one attached hydrogen (secondary N) is 1. The summed E-state index contributed by atoms with van der Waals surface area (Å²) in [6.45, 7) is 0.641. The van der Waals surface area contributed by atoms with Crippen LogP contribution in [-0.2, 0) is 17.9 Å². The first-order valence-electron chi connectivity index (χ1n) is 8.78. The molecule has 4 aromatic rings. The topological polar surface area (TPSA) is 76.9 Å². The lowest BCUT2D eigenvalue weighted by Gasteiger charge is -2.08. The number of carbonyl (C=O) groups is 1. The minimum absolute atomic E-state index is 0.134. The van der Waals surface area contributed by atoms with E-state index < -0.39 is 0 Å². The van der Waals surface area contributed by atoms with Crippen molar-refractivity contribution in [3.05, 3.63) is 82.6 Å². The first-order chi connectivity index (χ1) is 13.2. The molecule has 0 saturated heterocycles. The van der Waals surface area contributed by atoms with E-state index in [2.05, 4.69) is 27.8 Å². The van der Waals surface area contributed by atoms with Crippen molar-refractivity contribution in [3.8, 4) is 0 Å². The van der Waals surface area contributed by atoms with E-state index in [-0.39, 0.29) is 24.4 Å². The molecule has 0 unspecified atom stereocenters. The molecular formula is C21H18N4O2. The highest BCUT2D eigenvalue weighted by Gasteiger charge is 2.08. The lowest BCUT2D eigenvalue weighted by atomic mass is 10.1. The second kappa shape index (κ2) is 7.37. The number of amides is 1. The average Bonchev–Trinajstić information content (AvgIpc) is 2.72. The number of nitrogens with zero attached hydrogens (tertiary/aromatic N) is 3. The van der Waals surface area contributed by atoms with Gasteiger partial charge in [0.15, 0.2) is 0 Å². The molecule has 1 amide bonds. The maximum Gasteiger partial charge on any atom is 0.277 e. The molecule has 1 heterocycles. The van der Waals surface area contributed by atoms with Gasteiger partial charge in [0, 0.05) is 13.0 Å². The number of carbonyl (C=O) groups excluding carboxylic acids is 1. The molecule has 0 saturated carbocycles. The van der Waals surface area contributed by atoms with E-state index in [9.17, 15) is 9.59 Å². The van der Waals surface area contributed by atoms with Crippen molar-refractivity contribution < 1.29 is 4.79 Å². The zero-order valence-electron chi connectivity index (χ0n) is 14.6. The minimum atomic E-state index is -0.233. The molecule has 0 aliphatic heterocycles. The van der Waals surface area contributed by atoms with Crippen LogP contribution in [-0.4, -0.2) is 20.9 Å². The van der Waals surface area contributed by atoms with Crippen molar-refractivity contribution in [1.82, 2.24) is 20.3 Å². The molecule has 0 radical (unpaired) electrons. The maximum absolute atomic E-state index is 12.4. The highest BCUT2D eigenvalue weighted by Crippen LogP contribution is 2.15. The predicted octanol–water partition coefficient (Wildman–Crippen LogP) is 2.65. The van der Waals surface area contributed by atoms with Crippen molar-refractivity contribution in [3.63, 3.8) is 0 Å². The van der Waals surface area contributed by atoms with E-state index in [0.29, 0.717) is 17.4 Å². The fourth-order valence-electron chi connectivity index (χ4n) is 3.02. The second-order valence-corrected chi connectivity index (χ2v) is 6.34. The lowest BCUT2D eigenvalue weighted by molar-refractivity contribution is -0.121. The molecule has 6 heteroatoms. The number of aryl methyl sites for hydroxylation is 1. The van der Waals surface area contributed by atoms with Crippen molar-refractivity contribution >= 4 is 27.6 Å². The zero-order valence-corrected chi connectivity index (χ0v) is 14.6. The quantitative estimate of drug-likeness (QED) is 0.595. The molecular weight excluding hydrogens is 340 g/mol. The van der Waals surface area contributed by atoms with Crippen LogP contribution >= 0.6 is 0 Å². The van der Waals surface area contributed by atoms with E-state index >= 15 is 0 Å². The molecule has 0 fully saturated rings. The third-order valence-corrected chi connectivity index (χ3v) is 4.48. The Morgan fingerprint density at radius 3 is 2.63 bits per heavy atom. The van der Waals surface area contributed by atoms with E-state index in [0.717, 1.165) is 10.9 Å². The van der Waals surface area contributed by atoms with E-state index in [1.165, 1.54) is 10.1 Å². The molecule has 1 aromatic heterocycles. The molecule has 27 heavy (non-hydrogen) atoms. The largest absolute Gasteiger partial charge is 0.352 e. The Balaban J connectivity index is 1.38. The molecule has 0 aliphatic carbocycles. The van der Waals surface area contributed by atoms with Crippen LogP contribution < -0.4 is 10.9 Å². The third kappa shape index (κ3) is 3.69. The summed E-state index contributed by atoms with van der Waals surface area (Å²) < 4.78 is 1.23. The second-order valence-electron chi connectivity index (χ2n) is 6.34. The number of fused-ring (bicyclic) bond motifs is 2. The fraction of sp³-hybridized carbons (Fsp3) is 0.143. The van der Waals surface area contributed by atoms with Crippen molar-refractivity contribution in [2.75, 3.05) is 0 Å². The minimum Gasteiger partial charge on any atom is -0.352 e. The van der Waals surface area contributed by atoms with Crippen LogP contribution in [0.2, 0.25) is 0 Å². The summed E-state index contributed by atoms with van der Waals surface area (Å²) in [6, 6.07) is 21.2. The normalized spacial score (nSPS) is 11.0. The summed E-state index contributed by atoms with van der Waals surface area (Å²) in [4.78, 5) is 24.5. The molecule has 0 spiro atoms. The van der Waals surface area contributed by atoms with E-state index in [4.69, 9.17) is 0 Å². The summed E-state index contributed by atoms with van der Waals surface area (Å²) in [7, 11) is 0. The predicted molar refractivity (Wildman–Crippen MR) is 104 cm³/mol. The van der Waals surface area contributed by atoms with Crippen LogP contribution in [0.1, 0.15) is 12.0 Å². The van der Waals surface area contributed by atoms with Gasteiger partial charge in [-0.2, -0.15) is 0 Å². The van der Waals surface area contributed by atoms with Gasteiger partial charge in [-0.1, -0.05) is 53.7 Å². The fourth-order valence-corrected chi connectivity index (χ4v) is 3.02. The van der Waals surface area contributed by atoms with Gasteiger partial charge in [-0.05, 0) is 34.5 Å². The van der Waals surface area contributed by atoms with Gasteiger partial charge in [-0.3, -0.25) is 9.59 Å². The molecule has 1 N–H and O–H groups in total. The van der Waals surface area contributed by atoms with Crippen LogP contribution in [0.4, 0.5) is 0 Å². The Morgan fingerprint density at radius 2 is 1.74 bits per heavy atom. The van der Waals surface area contributed by atoms with E-state index in [1.807, 2.05) is 30.3 Å². The third-order valence-electron chi connectivity index (χ3n) is 4.48. The van der Waals surface area contributed by atoms with Crippen LogP contribution in [0.5, 0.6) is 0 Å². The first kappa shape index (κ1) is 16.9. The number of aromatic nitrogens is 3. The van der Waals surface area contributed by atoms with Gasteiger partial charge in [0.05, 0.1) is 11.9 Å². The molecule has 3 aromatic carbocycles. The maximum atomic E-state index is 12.4. The van der Waals surface area contributed by atoms with Gasteiger partial charge in [-0.15, -0.1) is 5.10 Å². The Hall–Kier alpha value is -3.54. The molecule has 134 valence electrons. The van der Waals surface area contributed by atoms with Crippen LogP contribution in [0.15, 0.2) is 71.5 Å². The van der Waals surface area contributed by atoms with Gasteiger partial charge in [0.1, 0.15) is 5.52 Å². The van der Waals surface area contributed by atoms with Crippen molar-refractivity contribution in [2.45, 2.75) is 19.5 Å². The summed E-state index contributed by atoms with van der Waals surface area (Å²) >= 11 is 0. The van der Waals surface area contributed by atoms with Gasteiger partial charge >= 0.3 is 0 Å². The zero-order chi connectivity index (χ0) is 18.6. The van der Waals surface area contributed by atoms with Gasteiger partial charge < -0.3 is 5.32 Å². The lowest BCUT2D eigenvalue weighted by Crippen LogP contribution is -2.29. The standard InChI is InChI=1S/C21H18N4O2/c26-20(22-14-15-9-10-16-5-1-2-6-17(16)13-15)11-12-25-21(27)18-7-3-4-8-19(18)23-24-25/h1-10,13H,11-12,14H2,(H,22,26). The Morgan fingerprint density at radius 1 is 0.963 bits per heavy atom.